The van der Waals surface area contributed by atoms with E-state index in [0.29, 0.717) is 0 Å². The van der Waals surface area contributed by atoms with Crippen LogP contribution in [0.4, 0.5) is 0 Å². The Morgan fingerprint density at radius 3 is 2.82 bits per heavy atom. The van der Waals surface area contributed by atoms with Crippen LogP contribution in [0.5, 0.6) is 0 Å². The molecule has 0 aromatic carbocycles. The molecule has 3 fully saturated rings. The standard InChI is InChI=1S/C9H16N2/c1-2-7(1)5-11-6-8-3-9(11)10-4-8/h7-10H,1-6H2/t8-,9+/m0/s1. The molecule has 0 unspecified atom stereocenters. The van der Waals surface area contributed by atoms with Crippen molar-refractivity contribution in [3.63, 3.8) is 0 Å². The fourth-order valence-corrected chi connectivity index (χ4v) is 2.50. The SMILES string of the molecule is C1CC1CN1C[C@@H]2CN[C@H]1C2. The highest BCUT2D eigenvalue weighted by Gasteiger charge is 2.39. The maximum Gasteiger partial charge on any atom is 0.0600 e. The Balaban J connectivity index is 1.62. The summed E-state index contributed by atoms with van der Waals surface area (Å²) in [5.74, 6) is 2.05. The fraction of sp³-hybridized carbons (Fsp3) is 1.00. The van der Waals surface area contributed by atoms with Gasteiger partial charge in [0.1, 0.15) is 0 Å². The molecule has 1 N–H and O–H groups in total. The molecule has 3 aliphatic rings. The lowest BCUT2D eigenvalue weighted by atomic mass is 10.2. The van der Waals surface area contributed by atoms with Gasteiger partial charge in [0.2, 0.25) is 0 Å². The summed E-state index contributed by atoms with van der Waals surface area (Å²) in [6.45, 7) is 4.05. The highest BCUT2D eigenvalue weighted by atomic mass is 15.3. The summed E-state index contributed by atoms with van der Waals surface area (Å²) in [5.41, 5.74) is 0. The van der Waals surface area contributed by atoms with Crippen LogP contribution in [0.25, 0.3) is 0 Å². The van der Waals surface area contributed by atoms with Gasteiger partial charge in [-0.1, -0.05) is 0 Å². The zero-order valence-electron chi connectivity index (χ0n) is 6.92. The Labute approximate surface area is 68.0 Å². The first-order valence-corrected chi connectivity index (χ1v) is 4.89. The fourth-order valence-electron chi connectivity index (χ4n) is 2.50. The van der Waals surface area contributed by atoms with Gasteiger partial charge < -0.3 is 5.32 Å². The van der Waals surface area contributed by atoms with Gasteiger partial charge in [0.05, 0.1) is 6.17 Å². The van der Waals surface area contributed by atoms with E-state index in [-0.39, 0.29) is 0 Å². The molecule has 1 aliphatic carbocycles. The Morgan fingerprint density at radius 1 is 1.36 bits per heavy atom. The Kier molecular flexibility index (Phi) is 1.29. The van der Waals surface area contributed by atoms with E-state index in [1.807, 2.05) is 0 Å². The monoisotopic (exact) mass is 152 g/mol. The maximum absolute atomic E-state index is 3.57. The van der Waals surface area contributed by atoms with Gasteiger partial charge >= 0.3 is 0 Å². The second kappa shape index (κ2) is 2.20. The van der Waals surface area contributed by atoms with E-state index in [9.17, 15) is 0 Å². The van der Waals surface area contributed by atoms with Crippen LogP contribution in [0, 0.1) is 11.8 Å². The van der Waals surface area contributed by atoms with E-state index >= 15 is 0 Å². The first kappa shape index (κ1) is 6.44. The van der Waals surface area contributed by atoms with Gasteiger partial charge in [-0.2, -0.15) is 0 Å². The minimum absolute atomic E-state index is 0.764. The van der Waals surface area contributed by atoms with Crippen molar-refractivity contribution in [3.05, 3.63) is 0 Å². The van der Waals surface area contributed by atoms with Gasteiger partial charge in [0, 0.05) is 19.6 Å². The summed E-state index contributed by atoms with van der Waals surface area (Å²) in [4.78, 5) is 2.66. The molecule has 2 nitrogen and oxygen atoms in total. The highest BCUT2D eigenvalue weighted by molar-refractivity contribution is 4.93. The summed E-state index contributed by atoms with van der Waals surface area (Å²) in [7, 11) is 0. The molecule has 2 heteroatoms. The molecule has 0 spiro atoms. The minimum Gasteiger partial charge on any atom is -0.301 e. The van der Waals surface area contributed by atoms with Crippen LogP contribution in [0.1, 0.15) is 19.3 Å². The second-order valence-corrected chi connectivity index (χ2v) is 4.42. The quantitative estimate of drug-likeness (QED) is 0.625. The first-order valence-electron chi connectivity index (χ1n) is 4.89. The molecule has 2 atom stereocenters. The normalized spacial score (nSPS) is 43.6. The molecule has 62 valence electrons. The van der Waals surface area contributed by atoms with Crippen molar-refractivity contribution in [2.45, 2.75) is 25.4 Å². The molecule has 2 aliphatic heterocycles. The van der Waals surface area contributed by atoms with Crippen LogP contribution in [0.15, 0.2) is 0 Å². The van der Waals surface area contributed by atoms with Crippen LogP contribution in [-0.4, -0.2) is 30.7 Å². The van der Waals surface area contributed by atoms with Gasteiger partial charge in [0.25, 0.3) is 0 Å². The molecule has 3 rings (SSSR count). The van der Waals surface area contributed by atoms with E-state index in [0.717, 1.165) is 18.0 Å². The third-order valence-corrected chi connectivity index (χ3v) is 3.32. The lowest BCUT2D eigenvalue weighted by Crippen LogP contribution is -2.44. The number of nitrogens with zero attached hydrogens (tertiary/aromatic N) is 1. The number of hydrogen-bond donors (Lipinski definition) is 1. The van der Waals surface area contributed by atoms with E-state index in [1.54, 1.807) is 0 Å². The number of rotatable bonds is 2. The zero-order chi connectivity index (χ0) is 7.26. The number of hydrogen-bond acceptors (Lipinski definition) is 2. The van der Waals surface area contributed by atoms with E-state index in [1.165, 1.54) is 38.9 Å². The lowest BCUT2D eigenvalue weighted by molar-refractivity contribution is 0.189. The molecule has 11 heavy (non-hydrogen) atoms. The van der Waals surface area contributed by atoms with Gasteiger partial charge in [-0.15, -0.1) is 0 Å². The van der Waals surface area contributed by atoms with E-state index in [2.05, 4.69) is 10.2 Å². The predicted molar refractivity (Wildman–Crippen MR) is 44.2 cm³/mol. The maximum atomic E-state index is 3.57. The van der Waals surface area contributed by atoms with Crippen LogP contribution < -0.4 is 5.32 Å². The van der Waals surface area contributed by atoms with E-state index in [4.69, 9.17) is 0 Å². The van der Waals surface area contributed by atoms with Gasteiger partial charge in [-0.05, 0) is 31.1 Å². The third-order valence-electron chi connectivity index (χ3n) is 3.32. The Bertz CT molecular complexity index is 165. The van der Waals surface area contributed by atoms with Crippen molar-refractivity contribution in [2.24, 2.45) is 11.8 Å². The molecule has 0 radical (unpaired) electrons. The molecule has 1 saturated carbocycles. The first-order chi connectivity index (χ1) is 5.42. The number of likely N-dealkylation sites (tertiary alicyclic amines) is 1. The molecule has 2 saturated heterocycles. The molecular weight excluding hydrogens is 136 g/mol. The summed E-state index contributed by atoms with van der Waals surface area (Å²) in [6.07, 6.45) is 5.18. The summed E-state index contributed by atoms with van der Waals surface area (Å²) >= 11 is 0. The highest BCUT2D eigenvalue weighted by Crippen LogP contribution is 2.34. The second-order valence-electron chi connectivity index (χ2n) is 4.42. The van der Waals surface area contributed by atoms with Crippen molar-refractivity contribution < 1.29 is 0 Å². The summed E-state index contributed by atoms with van der Waals surface area (Å²) in [5, 5.41) is 3.57. The molecule has 2 bridgehead atoms. The smallest absolute Gasteiger partial charge is 0.0600 e. The Morgan fingerprint density at radius 2 is 2.27 bits per heavy atom. The Hall–Kier alpha value is -0.0800. The van der Waals surface area contributed by atoms with Crippen molar-refractivity contribution in [1.29, 1.82) is 0 Å². The van der Waals surface area contributed by atoms with Crippen LogP contribution in [-0.2, 0) is 0 Å². The topological polar surface area (TPSA) is 15.3 Å². The zero-order valence-corrected chi connectivity index (χ0v) is 6.92. The van der Waals surface area contributed by atoms with Crippen molar-refractivity contribution >= 4 is 0 Å². The van der Waals surface area contributed by atoms with Crippen molar-refractivity contribution in [1.82, 2.24) is 10.2 Å². The molecule has 2 heterocycles. The molecule has 0 aromatic heterocycles. The van der Waals surface area contributed by atoms with Crippen LogP contribution >= 0.6 is 0 Å². The average Bonchev–Trinajstić information content (AvgIpc) is 2.61. The minimum atomic E-state index is 0.764. The van der Waals surface area contributed by atoms with Crippen LogP contribution in [0.3, 0.4) is 0 Å². The summed E-state index contributed by atoms with van der Waals surface area (Å²) in [6, 6.07) is 0. The molecular formula is C9H16N2. The third kappa shape index (κ3) is 1.09. The molecule has 0 amide bonds. The van der Waals surface area contributed by atoms with Gasteiger partial charge in [0.15, 0.2) is 0 Å². The summed E-state index contributed by atoms with van der Waals surface area (Å²) < 4.78 is 0. The molecule has 0 aromatic rings. The van der Waals surface area contributed by atoms with E-state index < -0.39 is 0 Å². The largest absolute Gasteiger partial charge is 0.301 e. The number of nitrogens with one attached hydrogen (secondary N) is 1. The predicted octanol–water partition coefficient (Wildman–Crippen LogP) is 0.648. The van der Waals surface area contributed by atoms with Crippen LogP contribution in [0.2, 0.25) is 0 Å². The van der Waals surface area contributed by atoms with Gasteiger partial charge in [-0.3, -0.25) is 4.90 Å². The van der Waals surface area contributed by atoms with Gasteiger partial charge in [-0.25, -0.2) is 0 Å². The lowest BCUT2D eigenvalue weighted by Gasteiger charge is -2.27. The average molecular weight is 152 g/mol. The van der Waals surface area contributed by atoms with Crippen molar-refractivity contribution in [3.8, 4) is 0 Å². The number of fused-ring (bicyclic) bond motifs is 2. The van der Waals surface area contributed by atoms with Crippen molar-refractivity contribution in [2.75, 3.05) is 19.6 Å².